The van der Waals surface area contributed by atoms with Gasteiger partial charge < -0.3 is 15.2 Å². The molecule has 1 amide bonds. The normalized spacial score (nSPS) is 16.9. The third kappa shape index (κ3) is 3.70. The van der Waals surface area contributed by atoms with Gasteiger partial charge in [0.2, 0.25) is 5.88 Å². The van der Waals surface area contributed by atoms with Crippen LogP contribution in [0, 0.1) is 5.92 Å². The van der Waals surface area contributed by atoms with E-state index in [-0.39, 0.29) is 12.5 Å². The summed E-state index contributed by atoms with van der Waals surface area (Å²) >= 11 is 0. The first-order chi connectivity index (χ1) is 9.72. The molecule has 1 saturated carbocycles. The van der Waals surface area contributed by atoms with Crippen LogP contribution in [0.15, 0.2) is 18.3 Å². The molecule has 2 rings (SSSR count). The lowest BCUT2D eigenvalue weighted by molar-refractivity contribution is 0.0837. The van der Waals surface area contributed by atoms with E-state index in [2.05, 4.69) is 10.3 Å². The van der Waals surface area contributed by atoms with Crippen molar-refractivity contribution in [2.24, 2.45) is 5.92 Å². The average Bonchev–Trinajstić information content (AvgIpc) is 2.99. The predicted molar refractivity (Wildman–Crippen MR) is 75.7 cm³/mol. The molecule has 0 aliphatic heterocycles. The van der Waals surface area contributed by atoms with Crippen molar-refractivity contribution >= 4 is 5.91 Å². The van der Waals surface area contributed by atoms with Crippen molar-refractivity contribution in [1.29, 1.82) is 0 Å². The SMILES string of the molecule is CCOc1ncccc1C(=O)NCC(O)C1CCCC1. The third-order valence-electron chi connectivity index (χ3n) is 3.71. The molecule has 1 unspecified atom stereocenters. The maximum absolute atomic E-state index is 12.1. The molecule has 0 aromatic carbocycles. The largest absolute Gasteiger partial charge is 0.477 e. The van der Waals surface area contributed by atoms with Crippen LogP contribution in [0.3, 0.4) is 0 Å². The smallest absolute Gasteiger partial charge is 0.256 e. The van der Waals surface area contributed by atoms with Crippen LogP contribution in [0.25, 0.3) is 0 Å². The number of amides is 1. The highest BCUT2D eigenvalue weighted by molar-refractivity contribution is 5.96. The monoisotopic (exact) mass is 278 g/mol. The van der Waals surface area contributed by atoms with Gasteiger partial charge in [0.25, 0.3) is 5.91 Å². The first-order valence-corrected chi connectivity index (χ1v) is 7.26. The van der Waals surface area contributed by atoms with Crippen LogP contribution >= 0.6 is 0 Å². The Morgan fingerprint density at radius 1 is 1.55 bits per heavy atom. The number of carbonyl (C=O) groups excluding carboxylic acids is 1. The van der Waals surface area contributed by atoms with Gasteiger partial charge in [0.1, 0.15) is 5.56 Å². The Hall–Kier alpha value is -1.62. The molecular weight excluding hydrogens is 256 g/mol. The fourth-order valence-corrected chi connectivity index (χ4v) is 2.62. The summed E-state index contributed by atoms with van der Waals surface area (Å²) in [6.07, 6.45) is 5.57. The van der Waals surface area contributed by atoms with Crippen LogP contribution in [0.2, 0.25) is 0 Å². The lowest BCUT2D eigenvalue weighted by Gasteiger charge is -2.18. The zero-order valence-electron chi connectivity index (χ0n) is 11.8. The van der Waals surface area contributed by atoms with E-state index < -0.39 is 6.10 Å². The molecule has 1 heterocycles. The van der Waals surface area contributed by atoms with Crippen molar-refractivity contribution in [1.82, 2.24) is 10.3 Å². The number of hydrogen-bond donors (Lipinski definition) is 2. The molecule has 20 heavy (non-hydrogen) atoms. The molecular formula is C15H22N2O3. The summed E-state index contributed by atoms with van der Waals surface area (Å²) < 4.78 is 5.33. The Morgan fingerprint density at radius 3 is 3.00 bits per heavy atom. The summed E-state index contributed by atoms with van der Waals surface area (Å²) in [5, 5.41) is 12.8. The van der Waals surface area contributed by atoms with E-state index in [4.69, 9.17) is 4.74 Å². The lowest BCUT2D eigenvalue weighted by atomic mass is 10.0. The molecule has 1 aliphatic carbocycles. The van der Waals surface area contributed by atoms with E-state index in [0.29, 0.717) is 24.0 Å². The van der Waals surface area contributed by atoms with Crippen molar-refractivity contribution in [3.63, 3.8) is 0 Å². The molecule has 0 saturated heterocycles. The topological polar surface area (TPSA) is 71.5 Å². The Bertz CT molecular complexity index is 444. The number of nitrogens with one attached hydrogen (secondary N) is 1. The van der Waals surface area contributed by atoms with Gasteiger partial charge in [-0.05, 0) is 37.8 Å². The number of aliphatic hydroxyl groups excluding tert-OH is 1. The molecule has 1 aliphatic rings. The van der Waals surface area contributed by atoms with Crippen molar-refractivity contribution in [3.8, 4) is 5.88 Å². The van der Waals surface area contributed by atoms with Gasteiger partial charge in [-0.2, -0.15) is 0 Å². The number of nitrogens with zero attached hydrogens (tertiary/aromatic N) is 1. The van der Waals surface area contributed by atoms with Crippen molar-refractivity contribution in [3.05, 3.63) is 23.9 Å². The van der Waals surface area contributed by atoms with E-state index in [1.165, 1.54) is 12.8 Å². The zero-order valence-corrected chi connectivity index (χ0v) is 11.8. The Kier molecular flexibility index (Phi) is 5.35. The highest BCUT2D eigenvalue weighted by Gasteiger charge is 2.24. The third-order valence-corrected chi connectivity index (χ3v) is 3.71. The minimum atomic E-state index is -0.464. The van der Waals surface area contributed by atoms with E-state index in [1.807, 2.05) is 6.92 Å². The molecule has 2 N–H and O–H groups in total. The molecule has 0 spiro atoms. The first-order valence-electron chi connectivity index (χ1n) is 7.26. The summed E-state index contributed by atoms with van der Waals surface area (Å²) in [5.41, 5.74) is 0.410. The van der Waals surface area contributed by atoms with Crippen LogP contribution < -0.4 is 10.1 Å². The molecule has 0 bridgehead atoms. The molecule has 5 heteroatoms. The minimum absolute atomic E-state index is 0.251. The predicted octanol–water partition coefficient (Wildman–Crippen LogP) is 1.76. The average molecular weight is 278 g/mol. The van der Waals surface area contributed by atoms with Crippen LogP contribution in [0.1, 0.15) is 43.0 Å². The zero-order chi connectivity index (χ0) is 14.4. The second-order valence-electron chi connectivity index (χ2n) is 5.11. The van der Waals surface area contributed by atoms with Gasteiger partial charge in [-0.25, -0.2) is 4.98 Å². The van der Waals surface area contributed by atoms with Crippen LogP contribution in [-0.4, -0.2) is 35.3 Å². The minimum Gasteiger partial charge on any atom is -0.477 e. The number of ether oxygens (including phenoxy) is 1. The first kappa shape index (κ1) is 14.8. The Labute approximate surface area is 119 Å². The second-order valence-corrected chi connectivity index (χ2v) is 5.11. The second kappa shape index (κ2) is 7.24. The van der Waals surface area contributed by atoms with Gasteiger partial charge in [-0.15, -0.1) is 0 Å². The number of aromatic nitrogens is 1. The van der Waals surface area contributed by atoms with Crippen LogP contribution in [0.5, 0.6) is 5.88 Å². The van der Waals surface area contributed by atoms with Gasteiger partial charge in [-0.1, -0.05) is 12.8 Å². The summed E-state index contributed by atoms with van der Waals surface area (Å²) in [5.74, 6) is 0.400. The number of rotatable bonds is 6. The number of hydrogen-bond acceptors (Lipinski definition) is 4. The van der Waals surface area contributed by atoms with E-state index in [1.54, 1.807) is 18.3 Å². The van der Waals surface area contributed by atoms with E-state index >= 15 is 0 Å². The molecule has 1 fully saturated rings. The van der Waals surface area contributed by atoms with Gasteiger partial charge in [0, 0.05) is 12.7 Å². The van der Waals surface area contributed by atoms with E-state index in [0.717, 1.165) is 12.8 Å². The molecule has 110 valence electrons. The quantitative estimate of drug-likeness (QED) is 0.831. The molecule has 1 aromatic heterocycles. The Morgan fingerprint density at radius 2 is 2.30 bits per heavy atom. The molecule has 1 atom stereocenters. The highest BCUT2D eigenvalue weighted by atomic mass is 16.5. The van der Waals surface area contributed by atoms with Gasteiger partial charge in [0.05, 0.1) is 12.7 Å². The fraction of sp³-hybridized carbons (Fsp3) is 0.600. The van der Waals surface area contributed by atoms with E-state index in [9.17, 15) is 9.90 Å². The summed E-state index contributed by atoms with van der Waals surface area (Å²) in [4.78, 5) is 16.2. The molecule has 0 radical (unpaired) electrons. The van der Waals surface area contributed by atoms with Crippen molar-refractivity contribution in [2.75, 3.05) is 13.2 Å². The lowest BCUT2D eigenvalue weighted by Crippen LogP contribution is -2.35. The molecule has 5 nitrogen and oxygen atoms in total. The number of aliphatic hydroxyl groups is 1. The maximum atomic E-state index is 12.1. The van der Waals surface area contributed by atoms with Gasteiger partial charge >= 0.3 is 0 Å². The Balaban J connectivity index is 1.91. The number of carbonyl (C=O) groups is 1. The van der Waals surface area contributed by atoms with Crippen molar-refractivity contribution in [2.45, 2.75) is 38.7 Å². The van der Waals surface area contributed by atoms with Crippen LogP contribution in [-0.2, 0) is 0 Å². The fourth-order valence-electron chi connectivity index (χ4n) is 2.62. The summed E-state index contributed by atoms with van der Waals surface area (Å²) in [6.45, 7) is 2.59. The summed E-state index contributed by atoms with van der Waals surface area (Å²) in [6, 6.07) is 3.38. The summed E-state index contributed by atoms with van der Waals surface area (Å²) in [7, 11) is 0. The number of pyridine rings is 1. The standard InChI is InChI=1S/C15H22N2O3/c1-2-20-15-12(8-5-9-16-15)14(19)17-10-13(18)11-6-3-4-7-11/h5,8-9,11,13,18H,2-4,6-7,10H2,1H3,(H,17,19). The maximum Gasteiger partial charge on any atom is 0.256 e. The van der Waals surface area contributed by atoms with Crippen LogP contribution in [0.4, 0.5) is 0 Å². The van der Waals surface area contributed by atoms with Crippen molar-refractivity contribution < 1.29 is 14.6 Å². The molecule has 1 aromatic rings. The van der Waals surface area contributed by atoms with Gasteiger partial charge in [0.15, 0.2) is 0 Å². The highest BCUT2D eigenvalue weighted by Crippen LogP contribution is 2.27. The van der Waals surface area contributed by atoms with Gasteiger partial charge in [-0.3, -0.25) is 4.79 Å².